The molecule has 0 spiro atoms. The van der Waals surface area contributed by atoms with Crippen LogP contribution in [0.5, 0.6) is 0 Å². The summed E-state index contributed by atoms with van der Waals surface area (Å²) in [5, 5.41) is 0. The van der Waals surface area contributed by atoms with E-state index in [0.29, 0.717) is 47.2 Å². The summed E-state index contributed by atoms with van der Waals surface area (Å²) >= 11 is 0. The van der Waals surface area contributed by atoms with Gasteiger partial charge in [-0.25, -0.2) is 0 Å². The summed E-state index contributed by atoms with van der Waals surface area (Å²) in [6, 6.07) is 0. The zero-order valence-corrected chi connectivity index (χ0v) is 22.0. The van der Waals surface area contributed by atoms with Gasteiger partial charge in [-0.3, -0.25) is 4.79 Å². The highest BCUT2D eigenvalue weighted by Crippen LogP contribution is 2.67. The molecule has 5 rings (SSSR count). The second-order valence-electron chi connectivity index (χ2n) is 13.0. The number of fused-ring (bicyclic) bond motifs is 5. The van der Waals surface area contributed by atoms with Crippen LogP contribution in [-0.4, -0.2) is 24.3 Å². The second kappa shape index (κ2) is 8.25. The van der Waals surface area contributed by atoms with Crippen LogP contribution in [0.4, 0.5) is 0 Å². The predicted octanol–water partition coefficient (Wildman–Crippen LogP) is 7.11. The Labute approximate surface area is 201 Å². The maximum Gasteiger partial charge on any atom is 0.302 e. The number of carbonyl (C=O) groups is 1. The van der Waals surface area contributed by atoms with Crippen LogP contribution in [0, 0.1) is 46.3 Å². The summed E-state index contributed by atoms with van der Waals surface area (Å²) in [5.41, 5.74) is 3.55. The molecule has 33 heavy (non-hydrogen) atoms. The maximum atomic E-state index is 12.0. The molecule has 0 amide bonds. The van der Waals surface area contributed by atoms with Gasteiger partial charge in [0.1, 0.15) is 6.10 Å². The molecule has 4 fully saturated rings. The number of hydrogen-bond donors (Lipinski definition) is 0. The Balaban J connectivity index is 1.38. The molecule has 10 atom stereocenters. The van der Waals surface area contributed by atoms with Gasteiger partial charge in [0, 0.05) is 12.3 Å². The Bertz CT molecular complexity index is 855. The van der Waals surface area contributed by atoms with E-state index in [2.05, 4.69) is 53.7 Å². The third-order valence-electron chi connectivity index (χ3n) is 11.3. The average Bonchev–Trinajstić information content (AvgIpc) is 3.47. The molecule has 0 bridgehead atoms. The first kappa shape index (κ1) is 23.6. The van der Waals surface area contributed by atoms with Crippen molar-refractivity contribution < 1.29 is 14.3 Å². The van der Waals surface area contributed by atoms with E-state index < -0.39 is 0 Å². The third kappa shape index (κ3) is 3.58. The smallest absolute Gasteiger partial charge is 0.302 e. The second-order valence-corrected chi connectivity index (χ2v) is 13.0. The van der Waals surface area contributed by atoms with Crippen molar-refractivity contribution >= 4 is 5.97 Å². The van der Waals surface area contributed by atoms with Crippen LogP contribution in [0.3, 0.4) is 0 Å². The van der Waals surface area contributed by atoms with Gasteiger partial charge in [-0.15, -0.1) is 0 Å². The van der Waals surface area contributed by atoms with Gasteiger partial charge in [-0.1, -0.05) is 64.8 Å². The van der Waals surface area contributed by atoms with Crippen LogP contribution in [0.25, 0.3) is 0 Å². The van der Waals surface area contributed by atoms with Crippen molar-refractivity contribution in [2.75, 3.05) is 0 Å². The summed E-state index contributed by atoms with van der Waals surface area (Å²) in [4.78, 5) is 12.0. The molecule has 1 saturated heterocycles. The average molecular weight is 455 g/mol. The van der Waals surface area contributed by atoms with Gasteiger partial charge in [0.15, 0.2) is 0 Å². The molecule has 3 heteroatoms. The molecule has 3 saturated carbocycles. The molecule has 0 aromatic carbocycles. The summed E-state index contributed by atoms with van der Waals surface area (Å²) in [5.74, 6) is 3.78. The van der Waals surface area contributed by atoms with E-state index in [1.165, 1.54) is 31.3 Å². The lowest BCUT2D eigenvalue weighted by Gasteiger charge is -2.56. The lowest BCUT2D eigenvalue weighted by molar-refractivity contribution is -0.156. The molecule has 184 valence electrons. The van der Waals surface area contributed by atoms with Gasteiger partial charge in [-0.2, -0.15) is 0 Å². The van der Waals surface area contributed by atoms with Crippen LogP contribution < -0.4 is 0 Å². The van der Waals surface area contributed by atoms with Crippen molar-refractivity contribution in [1.29, 1.82) is 0 Å². The molecule has 5 aliphatic rings. The molecule has 0 aromatic heterocycles. The molecular weight excluding hydrogens is 408 g/mol. The van der Waals surface area contributed by atoms with Crippen LogP contribution >= 0.6 is 0 Å². The summed E-state index contributed by atoms with van der Waals surface area (Å²) in [6.45, 7) is 16.1. The van der Waals surface area contributed by atoms with Crippen LogP contribution in [-0.2, 0) is 14.3 Å². The number of hydrogen-bond acceptors (Lipinski definition) is 3. The molecule has 0 aromatic rings. The highest BCUT2D eigenvalue weighted by atomic mass is 16.6. The molecule has 0 N–H and O–H groups in total. The van der Waals surface area contributed by atoms with Crippen LogP contribution in [0.15, 0.2) is 23.3 Å². The summed E-state index contributed by atoms with van der Waals surface area (Å²) < 4.78 is 12.3. The van der Waals surface area contributed by atoms with E-state index in [-0.39, 0.29) is 17.5 Å². The Morgan fingerprint density at radius 3 is 2.48 bits per heavy atom. The van der Waals surface area contributed by atoms with Crippen LogP contribution in [0.1, 0.15) is 93.4 Å². The fourth-order valence-corrected chi connectivity index (χ4v) is 8.91. The van der Waals surface area contributed by atoms with E-state index in [1.54, 1.807) is 12.5 Å². The topological polar surface area (TPSA) is 38.8 Å². The zero-order valence-electron chi connectivity index (χ0n) is 22.0. The van der Waals surface area contributed by atoms with Crippen molar-refractivity contribution in [2.24, 2.45) is 46.3 Å². The SMILES string of the molecule is CC(=O)OC1CCCC2=CC=C3[C@@H]4CC[C@H]([C@H](C)C5OC5[C@H](C)C(C)C)[C@@]4(C)CC[C@@H]3[C@]21C. The Morgan fingerprint density at radius 2 is 1.79 bits per heavy atom. The van der Waals surface area contributed by atoms with E-state index in [9.17, 15) is 4.79 Å². The van der Waals surface area contributed by atoms with Crippen LogP contribution in [0.2, 0.25) is 0 Å². The first-order valence-corrected chi connectivity index (χ1v) is 13.8. The van der Waals surface area contributed by atoms with E-state index in [4.69, 9.17) is 9.47 Å². The quantitative estimate of drug-likeness (QED) is 0.328. The van der Waals surface area contributed by atoms with E-state index >= 15 is 0 Å². The number of allylic oxidation sites excluding steroid dienone is 3. The first-order valence-electron chi connectivity index (χ1n) is 13.8. The standard InChI is InChI=1S/C30H46O3/c1-17(2)18(3)27-28(33-27)19(4)23-13-14-24-22-12-11-21-9-8-10-26(32-20(5)31)30(21,7)25(22)15-16-29(23,24)6/h11-12,17-19,23-28H,8-10,13-16H2,1-7H3/t18-,19+,23-,24+,25+,26?,27?,28?,29-,30+/m1/s1. The minimum Gasteiger partial charge on any atom is -0.462 e. The highest BCUT2D eigenvalue weighted by Gasteiger charge is 2.61. The van der Waals surface area contributed by atoms with Gasteiger partial charge < -0.3 is 9.47 Å². The van der Waals surface area contributed by atoms with Crippen molar-refractivity contribution in [2.45, 2.75) is 112 Å². The van der Waals surface area contributed by atoms with Crippen molar-refractivity contribution in [1.82, 2.24) is 0 Å². The molecule has 3 nitrogen and oxygen atoms in total. The van der Waals surface area contributed by atoms with Gasteiger partial charge in [0.05, 0.1) is 12.2 Å². The number of esters is 1. The fourth-order valence-electron chi connectivity index (χ4n) is 8.91. The molecule has 1 heterocycles. The van der Waals surface area contributed by atoms with Crippen molar-refractivity contribution in [3.05, 3.63) is 23.3 Å². The van der Waals surface area contributed by atoms with E-state index in [0.717, 1.165) is 25.2 Å². The molecule has 4 aliphatic carbocycles. The number of epoxide rings is 1. The molecule has 1 aliphatic heterocycles. The van der Waals surface area contributed by atoms with E-state index in [1.807, 2.05) is 0 Å². The van der Waals surface area contributed by atoms with Gasteiger partial charge in [0.2, 0.25) is 0 Å². The molecule has 3 unspecified atom stereocenters. The number of rotatable bonds is 5. The minimum absolute atomic E-state index is 0.0174. The predicted molar refractivity (Wildman–Crippen MR) is 133 cm³/mol. The highest BCUT2D eigenvalue weighted by molar-refractivity contribution is 5.66. The first-order chi connectivity index (χ1) is 15.6. The van der Waals surface area contributed by atoms with Gasteiger partial charge in [-0.05, 0) is 85.9 Å². The Morgan fingerprint density at radius 1 is 1.03 bits per heavy atom. The largest absolute Gasteiger partial charge is 0.462 e. The monoisotopic (exact) mass is 454 g/mol. The Hall–Kier alpha value is -1.09. The maximum absolute atomic E-state index is 12.0. The fraction of sp³-hybridized carbons (Fsp3) is 0.833. The van der Waals surface area contributed by atoms with Crippen molar-refractivity contribution in [3.63, 3.8) is 0 Å². The normalized spacial score (nSPS) is 45.8. The minimum atomic E-state index is -0.122. The van der Waals surface area contributed by atoms with Gasteiger partial charge >= 0.3 is 5.97 Å². The number of ether oxygens (including phenoxy) is 2. The summed E-state index contributed by atoms with van der Waals surface area (Å²) in [6.07, 6.45) is 14.3. The molecular formula is C30H46O3. The summed E-state index contributed by atoms with van der Waals surface area (Å²) in [7, 11) is 0. The Kier molecular flexibility index (Phi) is 5.91. The van der Waals surface area contributed by atoms with Gasteiger partial charge in [0.25, 0.3) is 0 Å². The third-order valence-corrected chi connectivity index (χ3v) is 11.3. The zero-order chi connectivity index (χ0) is 23.7. The number of carbonyl (C=O) groups excluding carboxylic acids is 1. The lowest BCUT2D eigenvalue weighted by atomic mass is 9.49. The lowest BCUT2D eigenvalue weighted by Crippen LogP contribution is -2.51. The molecule has 0 radical (unpaired) electrons. The van der Waals surface area contributed by atoms with Crippen molar-refractivity contribution in [3.8, 4) is 0 Å².